The first-order chi connectivity index (χ1) is 13.0. The largest absolute Gasteiger partial charge is 0.376 e. The number of rotatable bonds is 6. The minimum Gasteiger partial charge on any atom is -0.376 e. The highest BCUT2D eigenvalue weighted by Crippen LogP contribution is 2.20. The van der Waals surface area contributed by atoms with Crippen LogP contribution in [0.5, 0.6) is 0 Å². The molecule has 0 bridgehead atoms. The fraction of sp³-hybridized carbons (Fsp3) is 0.350. The summed E-state index contributed by atoms with van der Waals surface area (Å²) < 4.78 is 0. The molecular weight excluding hydrogens is 342 g/mol. The lowest BCUT2D eigenvalue weighted by Crippen LogP contribution is -2.31. The maximum Gasteiger partial charge on any atom is 0.271 e. The number of hydrogen-bond donors (Lipinski definition) is 2. The zero-order valence-corrected chi connectivity index (χ0v) is 15.7. The van der Waals surface area contributed by atoms with Gasteiger partial charge in [0.1, 0.15) is 5.69 Å². The van der Waals surface area contributed by atoms with Gasteiger partial charge in [-0.2, -0.15) is 0 Å². The zero-order chi connectivity index (χ0) is 19.2. The Hall–Kier alpha value is -2.93. The van der Waals surface area contributed by atoms with Gasteiger partial charge in [-0.3, -0.25) is 14.6 Å². The van der Waals surface area contributed by atoms with Crippen molar-refractivity contribution in [2.45, 2.75) is 12.5 Å². The highest BCUT2D eigenvalue weighted by Gasteiger charge is 2.25. The molecule has 27 heavy (non-hydrogen) atoms. The van der Waals surface area contributed by atoms with E-state index in [2.05, 4.69) is 15.3 Å². The van der Waals surface area contributed by atoms with Crippen LogP contribution >= 0.6 is 0 Å². The second-order valence-corrected chi connectivity index (χ2v) is 6.95. The average molecular weight is 367 g/mol. The lowest BCUT2D eigenvalue weighted by atomic mass is 10.1. The number of aromatic nitrogens is 2. The van der Waals surface area contributed by atoms with Crippen molar-refractivity contribution in [3.63, 3.8) is 0 Å². The van der Waals surface area contributed by atoms with E-state index in [4.69, 9.17) is 0 Å². The fourth-order valence-corrected chi connectivity index (χ4v) is 3.07. The first-order valence-corrected chi connectivity index (χ1v) is 9.03. The first-order valence-electron chi connectivity index (χ1n) is 9.03. The van der Waals surface area contributed by atoms with Gasteiger partial charge in [-0.15, -0.1) is 0 Å². The van der Waals surface area contributed by atoms with E-state index in [1.165, 1.54) is 0 Å². The number of carbonyl (C=O) groups is 1. The van der Waals surface area contributed by atoms with Gasteiger partial charge in [0.2, 0.25) is 5.91 Å². The maximum absolute atomic E-state index is 12.2. The summed E-state index contributed by atoms with van der Waals surface area (Å²) in [4.78, 5) is 35.0. The number of likely N-dealkylation sites (N-methyl/N-ethyl adjacent to an activating group) is 1. The summed E-state index contributed by atoms with van der Waals surface area (Å²) in [6.07, 6.45) is 9.44. The average Bonchev–Trinajstić information content (AvgIpc) is 3.12. The van der Waals surface area contributed by atoms with Crippen LogP contribution in [-0.4, -0.2) is 65.4 Å². The monoisotopic (exact) mass is 367 g/mol. The van der Waals surface area contributed by atoms with Crippen molar-refractivity contribution in [2.24, 2.45) is 0 Å². The van der Waals surface area contributed by atoms with Gasteiger partial charge in [0.25, 0.3) is 5.56 Å². The number of carbonyl (C=O) groups excluding carboxylic acids is 1. The molecule has 0 aliphatic carbocycles. The summed E-state index contributed by atoms with van der Waals surface area (Å²) in [6.45, 7) is 2.01. The van der Waals surface area contributed by atoms with Crippen molar-refractivity contribution >= 4 is 11.6 Å². The van der Waals surface area contributed by atoms with Gasteiger partial charge in [0.05, 0.1) is 0 Å². The lowest BCUT2D eigenvalue weighted by molar-refractivity contribution is -0.125. The molecule has 142 valence electrons. The number of H-pyrrole nitrogens is 1. The van der Waals surface area contributed by atoms with Crippen molar-refractivity contribution in [3.8, 4) is 11.1 Å². The number of pyridine rings is 2. The molecule has 0 saturated carbocycles. The number of amides is 1. The number of hydrogen-bond acceptors (Lipinski definition) is 5. The third-order valence-corrected chi connectivity index (χ3v) is 4.51. The number of likely N-dealkylation sites (tertiary alicyclic amines) is 1. The van der Waals surface area contributed by atoms with E-state index in [9.17, 15) is 9.59 Å². The number of nitrogens with one attached hydrogen (secondary N) is 2. The Bertz CT molecular complexity index is 860. The van der Waals surface area contributed by atoms with Gasteiger partial charge in [0.15, 0.2) is 0 Å². The van der Waals surface area contributed by atoms with E-state index in [1.807, 2.05) is 48.2 Å². The van der Waals surface area contributed by atoms with Crippen LogP contribution < -0.4 is 10.9 Å². The summed E-state index contributed by atoms with van der Waals surface area (Å²) >= 11 is 0. The first kappa shape index (κ1) is 18.8. The molecule has 1 aliphatic heterocycles. The maximum atomic E-state index is 12.2. The number of aromatic amines is 1. The van der Waals surface area contributed by atoms with Crippen LogP contribution in [0.4, 0.5) is 5.69 Å². The molecule has 0 unspecified atom stereocenters. The molecule has 1 atom stereocenters. The molecule has 1 fully saturated rings. The standard InChI is InChI=1S/C20H25N5O2/c1-24(2)10-3-4-19(26)25-11-7-17(14-25)23-18-12-16(13-22-20(18)27)15-5-8-21-9-6-15/h3-6,8-9,12-13,17,23H,7,10-11,14H2,1-2H3,(H,22,27)/b4-3+/t17-/m1/s1. The fourth-order valence-electron chi connectivity index (χ4n) is 3.07. The van der Waals surface area contributed by atoms with E-state index >= 15 is 0 Å². The number of anilines is 1. The highest BCUT2D eigenvalue weighted by molar-refractivity contribution is 5.87. The predicted octanol–water partition coefficient (Wildman–Crippen LogP) is 1.57. The van der Waals surface area contributed by atoms with E-state index < -0.39 is 0 Å². The topological polar surface area (TPSA) is 81.3 Å². The third kappa shape index (κ3) is 5.04. The molecule has 0 aromatic carbocycles. The Labute approximate surface area is 158 Å². The van der Waals surface area contributed by atoms with Crippen molar-refractivity contribution in [1.29, 1.82) is 0 Å². The van der Waals surface area contributed by atoms with Gasteiger partial charge in [-0.1, -0.05) is 6.08 Å². The van der Waals surface area contributed by atoms with Crippen molar-refractivity contribution in [3.05, 3.63) is 59.3 Å². The van der Waals surface area contributed by atoms with E-state index in [0.29, 0.717) is 18.8 Å². The molecule has 3 heterocycles. The second-order valence-electron chi connectivity index (χ2n) is 6.95. The van der Waals surface area contributed by atoms with Crippen LogP contribution in [-0.2, 0) is 4.79 Å². The Balaban J connectivity index is 1.64. The van der Waals surface area contributed by atoms with Crippen molar-refractivity contribution < 1.29 is 4.79 Å². The van der Waals surface area contributed by atoms with E-state index in [-0.39, 0.29) is 17.5 Å². The van der Waals surface area contributed by atoms with Crippen LogP contribution in [0.1, 0.15) is 6.42 Å². The molecule has 2 N–H and O–H groups in total. The van der Waals surface area contributed by atoms with Crippen LogP contribution in [0.2, 0.25) is 0 Å². The summed E-state index contributed by atoms with van der Waals surface area (Å²) in [5, 5.41) is 3.29. The van der Waals surface area contributed by atoms with Gasteiger partial charge < -0.3 is 20.1 Å². The van der Waals surface area contributed by atoms with E-state index in [0.717, 1.165) is 24.1 Å². The van der Waals surface area contributed by atoms with Gasteiger partial charge >= 0.3 is 0 Å². The third-order valence-electron chi connectivity index (χ3n) is 4.51. The normalized spacial score (nSPS) is 17.0. The predicted molar refractivity (Wildman–Crippen MR) is 107 cm³/mol. The van der Waals surface area contributed by atoms with Gasteiger partial charge in [-0.25, -0.2) is 0 Å². The van der Waals surface area contributed by atoms with Crippen LogP contribution in [0, 0.1) is 0 Å². The summed E-state index contributed by atoms with van der Waals surface area (Å²) in [5.74, 6) is 0.0144. The Morgan fingerprint density at radius 3 is 2.89 bits per heavy atom. The Morgan fingerprint density at radius 2 is 2.15 bits per heavy atom. The lowest BCUT2D eigenvalue weighted by Gasteiger charge is -2.16. The number of nitrogens with zero attached hydrogens (tertiary/aromatic N) is 3. The summed E-state index contributed by atoms with van der Waals surface area (Å²) in [7, 11) is 3.92. The molecule has 0 spiro atoms. The molecule has 7 nitrogen and oxygen atoms in total. The highest BCUT2D eigenvalue weighted by atomic mass is 16.2. The zero-order valence-electron chi connectivity index (χ0n) is 15.7. The van der Waals surface area contributed by atoms with Crippen LogP contribution in [0.15, 0.2) is 53.7 Å². The van der Waals surface area contributed by atoms with Crippen molar-refractivity contribution in [2.75, 3.05) is 39.0 Å². The molecule has 2 aromatic heterocycles. The van der Waals surface area contributed by atoms with Gasteiger partial charge in [0, 0.05) is 55.9 Å². The SMILES string of the molecule is CN(C)C/C=C/C(=O)N1CC[C@@H](Nc2cc(-c3ccncc3)c[nH]c2=O)C1. The molecule has 1 saturated heterocycles. The van der Waals surface area contributed by atoms with Crippen molar-refractivity contribution in [1.82, 2.24) is 19.8 Å². The second kappa shape index (κ2) is 8.64. The molecule has 0 radical (unpaired) electrons. The minimum absolute atomic E-state index is 0.0144. The van der Waals surface area contributed by atoms with Crippen LogP contribution in [0.3, 0.4) is 0 Å². The molecule has 3 rings (SSSR count). The molecule has 2 aromatic rings. The Morgan fingerprint density at radius 1 is 1.37 bits per heavy atom. The molecule has 1 amide bonds. The van der Waals surface area contributed by atoms with Gasteiger partial charge in [-0.05, 0) is 44.3 Å². The summed E-state index contributed by atoms with van der Waals surface area (Å²) in [6, 6.07) is 5.70. The molecular formula is C20H25N5O2. The van der Waals surface area contributed by atoms with E-state index in [1.54, 1.807) is 24.7 Å². The molecule has 1 aliphatic rings. The molecule has 7 heteroatoms. The van der Waals surface area contributed by atoms with Crippen LogP contribution in [0.25, 0.3) is 11.1 Å². The minimum atomic E-state index is -0.163. The quantitative estimate of drug-likeness (QED) is 0.758. The smallest absolute Gasteiger partial charge is 0.271 e. The summed E-state index contributed by atoms with van der Waals surface area (Å²) in [5.41, 5.74) is 2.26. The Kier molecular flexibility index (Phi) is 6.03.